The molecule has 2 N–H and O–H groups in total. The van der Waals surface area contributed by atoms with Crippen LogP contribution in [0.2, 0.25) is 0 Å². The third kappa shape index (κ3) is 13.2. The maximum absolute atomic E-state index is 13.9. The summed E-state index contributed by atoms with van der Waals surface area (Å²) < 4.78 is 26.2. The van der Waals surface area contributed by atoms with E-state index in [0.717, 1.165) is 5.56 Å². The van der Waals surface area contributed by atoms with E-state index in [0.29, 0.717) is 36.4 Å². The molecule has 0 radical (unpaired) electrons. The fourth-order valence-electron chi connectivity index (χ4n) is 4.15. The standard InChI is InChI=1S/C32H45N3O9/c1-32(2,3)44-31(39)34-26(14-10-11-18-33-30(38)43-22-23-12-8-7-9-13-23)29(37)35(19-17-28(36)42-6)21-24-15-16-25(40-4)20-27(24)41-5/h7-9,12-13,15-16,20,26H,10-11,14,17-19,21-22H2,1-6H3,(H,33,38)(H,34,39)/t26-/m0/s1. The van der Waals surface area contributed by atoms with Gasteiger partial charge in [0, 0.05) is 31.3 Å². The van der Waals surface area contributed by atoms with Gasteiger partial charge in [0.15, 0.2) is 0 Å². The van der Waals surface area contributed by atoms with Crippen molar-refractivity contribution in [3.63, 3.8) is 0 Å². The van der Waals surface area contributed by atoms with Crippen LogP contribution < -0.4 is 20.1 Å². The van der Waals surface area contributed by atoms with Crippen molar-refractivity contribution in [1.82, 2.24) is 15.5 Å². The summed E-state index contributed by atoms with van der Waals surface area (Å²) in [7, 11) is 4.33. The van der Waals surface area contributed by atoms with Crippen LogP contribution in [0.15, 0.2) is 48.5 Å². The first-order valence-corrected chi connectivity index (χ1v) is 14.5. The van der Waals surface area contributed by atoms with E-state index in [9.17, 15) is 19.2 Å². The molecule has 0 aliphatic carbocycles. The zero-order chi connectivity index (χ0) is 32.5. The Morgan fingerprint density at radius 3 is 2.27 bits per heavy atom. The van der Waals surface area contributed by atoms with Crippen molar-refractivity contribution in [3.05, 3.63) is 59.7 Å². The number of amides is 3. The maximum Gasteiger partial charge on any atom is 0.408 e. The molecular weight excluding hydrogens is 570 g/mol. The van der Waals surface area contributed by atoms with Crippen LogP contribution in [0.3, 0.4) is 0 Å². The number of nitrogens with one attached hydrogen (secondary N) is 2. The third-order valence-electron chi connectivity index (χ3n) is 6.37. The number of unbranched alkanes of at least 4 members (excludes halogenated alkanes) is 1. The van der Waals surface area contributed by atoms with Crippen LogP contribution in [0.4, 0.5) is 9.59 Å². The molecule has 0 heterocycles. The lowest BCUT2D eigenvalue weighted by molar-refractivity contribution is -0.142. The SMILES string of the molecule is COC(=O)CCN(Cc1ccc(OC)cc1OC)C(=O)[C@H](CCCCNC(=O)OCc1ccccc1)NC(=O)OC(C)(C)C. The number of hydrogen-bond donors (Lipinski definition) is 2. The molecule has 0 fully saturated rings. The van der Waals surface area contributed by atoms with Gasteiger partial charge in [-0.1, -0.05) is 30.3 Å². The molecule has 3 amide bonds. The quantitative estimate of drug-likeness (QED) is 0.158. The third-order valence-corrected chi connectivity index (χ3v) is 6.37. The highest BCUT2D eigenvalue weighted by Crippen LogP contribution is 2.26. The Morgan fingerprint density at radius 2 is 1.64 bits per heavy atom. The number of hydrogen-bond acceptors (Lipinski definition) is 9. The fourth-order valence-corrected chi connectivity index (χ4v) is 4.15. The second kappa shape index (κ2) is 18.2. The molecule has 0 saturated carbocycles. The molecule has 44 heavy (non-hydrogen) atoms. The van der Waals surface area contributed by atoms with Gasteiger partial charge in [0.05, 0.1) is 27.8 Å². The molecule has 0 aliphatic heterocycles. The summed E-state index contributed by atoms with van der Waals surface area (Å²) in [5.74, 6) is 0.196. The van der Waals surface area contributed by atoms with Gasteiger partial charge in [-0.2, -0.15) is 0 Å². The van der Waals surface area contributed by atoms with Gasteiger partial charge in [0.1, 0.15) is 29.7 Å². The number of rotatable bonds is 16. The lowest BCUT2D eigenvalue weighted by Crippen LogP contribution is -2.50. The summed E-state index contributed by atoms with van der Waals surface area (Å²) >= 11 is 0. The highest BCUT2D eigenvalue weighted by molar-refractivity contribution is 5.86. The highest BCUT2D eigenvalue weighted by atomic mass is 16.6. The summed E-state index contributed by atoms with van der Waals surface area (Å²) in [6.07, 6.45) is -0.0668. The monoisotopic (exact) mass is 615 g/mol. The molecule has 0 spiro atoms. The zero-order valence-corrected chi connectivity index (χ0v) is 26.5. The van der Waals surface area contributed by atoms with E-state index < -0.39 is 35.7 Å². The number of ether oxygens (including phenoxy) is 5. The molecule has 242 valence electrons. The van der Waals surface area contributed by atoms with E-state index in [1.807, 2.05) is 30.3 Å². The van der Waals surface area contributed by atoms with Gasteiger partial charge >= 0.3 is 18.2 Å². The van der Waals surface area contributed by atoms with E-state index in [1.165, 1.54) is 26.2 Å². The smallest absolute Gasteiger partial charge is 0.408 e. The number of benzene rings is 2. The number of methoxy groups -OCH3 is 3. The van der Waals surface area contributed by atoms with Gasteiger partial charge in [0.25, 0.3) is 0 Å². The van der Waals surface area contributed by atoms with Crippen LogP contribution in [-0.2, 0) is 37.0 Å². The molecule has 0 bridgehead atoms. The second-order valence-electron chi connectivity index (χ2n) is 10.9. The van der Waals surface area contributed by atoms with E-state index in [1.54, 1.807) is 39.0 Å². The molecule has 2 aromatic carbocycles. The van der Waals surface area contributed by atoms with Crippen molar-refractivity contribution in [2.75, 3.05) is 34.4 Å². The normalized spacial score (nSPS) is 11.5. The molecule has 12 nitrogen and oxygen atoms in total. The molecule has 0 aromatic heterocycles. The second-order valence-corrected chi connectivity index (χ2v) is 10.9. The number of esters is 1. The van der Waals surface area contributed by atoms with Gasteiger partial charge in [-0.25, -0.2) is 9.59 Å². The largest absolute Gasteiger partial charge is 0.497 e. The van der Waals surface area contributed by atoms with Gasteiger partial charge in [0.2, 0.25) is 5.91 Å². The Kier molecular flexibility index (Phi) is 14.8. The van der Waals surface area contributed by atoms with E-state index in [4.69, 9.17) is 23.7 Å². The van der Waals surface area contributed by atoms with Crippen molar-refractivity contribution in [1.29, 1.82) is 0 Å². The minimum atomic E-state index is -0.961. The summed E-state index contributed by atoms with van der Waals surface area (Å²) in [5, 5.41) is 5.39. The van der Waals surface area contributed by atoms with Gasteiger partial charge in [-0.3, -0.25) is 9.59 Å². The summed E-state index contributed by atoms with van der Waals surface area (Å²) in [5.41, 5.74) is 0.782. The van der Waals surface area contributed by atoms with Crippen molar-refractivity contribution < 1.29 is 42.9 Å². The molecular formula is C32H45N3O9. The molecule has 12 heteroatoms. The van der Waals surface area contributed by atoms with Crippen LogP contribution in [0.25, 0.3) is 0 Å². The highest BCUT2D eigenvalue weighted by Gasteiger charge is 2.29. The Balaban J connectivity index is 2.11. The molecule has 1 atom stereocenters. The van der Waals surface area contributed by atoms with Crippen molar-refractivity contribution in [2.45, 2.75) is 71.2 Å². The summed E-state index contributed by atoms with van der Waals surface area (Å²) in [4.78, 5) is 52.2. The number of carbonyl (C=O) groups excluding carboxylic acids is 4. The van der Waals surface area contributed by atoms with Crippen molar-refractivity contribution in [2.24, 2.45) is 0 Å². The zero-order valence-electron chi connectivity index (χ0n) is 26.5. The predicted molar refractivity (Wildman–Crippen MR) is 163 cm³/mol. The van der Waals surface area contributed by atoms with Crippen LogP contribution >= 0.6 is 0 Å². The van der Waals surface area contributed by atoms with Crippen LogP contribution in [0.5, 0.6) is 11.5 Å². The Labute approximate surface area is 259 Å². The molecule has 0 saturated heterocycles. The number of nitrogens with zero attached hydrogens (tertiary/aromatic N) is 1. The van der Waals surface area contributed by atoms with Gasteiger partial charge in [-0.15, -0.1) is 0 Å². The Morgan fingerprint density at radius 1 is 0.909 bits per heavy atom. The molecule has 2 rings (SSSR count). The molecule has 0 unspecified atom stereocenters. The minimum Gasteiger partial charge on any atom is -0.497 e. The van der Waals surface area contributed by atoms with E-state index in [-0.39, 0.29) is 32.5 Å². The van der Waals surface area contributed by atoms with E-state index in [2.05, 4.69) is 10.6 Å². The number of alkyl carbamates (subject to hydrolysis) is 2. The Bertz CT molecular complexity index is 1220. The summed E-state index contributed by atoms with van der Waals surface area (Å²) in [6.45, 7) is 5.80. The first-order valence-electron chi connectivity index (χ1n) is 14.5. The average molecular weight is 616 g/mol. The fraction of sp³-hybridized carbons (Fsp3) is 0.500. The number of carbonyl (C=O) groups is 4. The van der Waals surface area contributed by atoms with Crippen molar-refractivity contribution >= 4 is 24.1 Å². The molecule has 2 aromatic rings. The summed E-state index contributed by atoms with van der Waals surface area (Å²) in [6, 6.07) is 13.6. The molecule has 0 aliphatic rings. The lowest BCUT2D eigenvalue weighted by atomic mass is 10.1. The average Bonchev–Trinajstić information content (AvgIpc) is 3.00. The Hall–Kier alpha value is -4.48. The maximum atomic E-state index is 13.9. The lowest BCUT2D eigenvalue weighted by Gasteiger charge is -2.29. The van der Waals surface area contributed by atoms with Crippen molar-refractivity contribution in [3.8, 4) is 11.5 Å². The minimum absolute atomic E-state index is 0.0436. The topological polar surface area (TPSA) is 142 Å². The van der Waals surface area contributed by atoms with Gasteiger partial charge in [-0.05, 0) is 57.7 Å². The first kappa shape index (κ1) is 35.7. The van der Waals surface area contributed by atoms with Crippen LogP contribution in [0, 0.1) is 0 Å². The first-order chi connectivity index (χ1) is 20.9. The van der Waals surface area contributed by atoms with Gasteiger partial charge < -0.3 is 39.2 Å². The van der Waals surface area contributed by atoms with Crippen LogP contribution in [0.1, 0.15) is 57.6 Å². The van der Waals surface area contributed by atoms with Crippen LogP contribution in [-0.4, -0.2) is 75.0 Å². The predicted octanol–water partition coefficient (Wildman–Crippen LogP) is 4.59. The van der Waals surface area contributed by atoms with E-state index >= 15 is 0 Å².